The van der Waals surface area contributed by atoms with Crippen LogP contribution >= 0.6 is 0 Å². The predicted molar refractivity (Wildman–Crippen MR) is 78.8 cm³/mol. The van der Waals surface area contributed by atoms with Crippen molar-refractivity contribution in [2.24, 2.45) is 5.41 Å². The molecule has 1 N–H and O–H groups in total. The summed E-state index contributed by atoms with van der Waals surface area (Å²) >= 11 is 0. The van der Waals surface area contributed by atoms with E-state index in [0.717, 1.165) is 12.6 Å². The minimum Gasteiger partial charge on any atom is -0.313 e. The second kappa shape index (κ2) is 6.38. The van der Waals surface area contributed by atoms with Crippen molar-refractivity contribution in [1.29, 1.82) is 0 Å². The Hall–Kier alpha value is -0.820. The van der Waals surface area contributed by atoms with E-state index in [1.807, 2.05) is 0 Å². The van der Waals surface area contributed by atoms with E-state index in [1.165, 1.54) is 44.1 Å². The van der Waals surface area contributed by atoms with E-state index >= 15 is 0 Å². The first-order valence-electron chi connectivity index (χ1n) is 7.46. The lowest BCUT2D eigenvalue weighted by atomic mass is 9.73. The molecule has 0 spiro atoms. The van der Waals surface area contributed by atoms with Gasteiger partial charge in [-0.15, -0.1) is 0 Å². The van der Waals surface area contributed by atoms with E-state index in [9.17, 15) is 0 Å². The van der Waals surface area contributed by atoms with Crippen LogP contribution in [0.5, 0.6) is 0 Å². The molecule has 1 heteroatoms. The molecule has 0 heterocycles. The molecule has 0 aromatic heterocycles. The van der Waals surface area contributed by atoms with Crippen LogP contribution in [0.25, 0.3) is 0 Å². The third-order valence-corrected chi connectivity index (χ3v) is 4.38. The SMILES string of the molecule is CC1(C)CCCCC1NCCCc1ccccc1. The molecule has 0 bridgehead atoms. The summed E-state index contributed by atoms with van der Waals surface area (Å²) in [5, 5.41) is 3.78. The quantitative estimate of drug-likeness (QED) is 0.767. The van der Waals surface area contributed by atoms with E-state index in [0.29, 0.717) is 5.41 Å². The molecule has 18 heavy (non-hydrogen) atoms. The Bertz CT molecular complexity index is 342. The van der Waals surface area contributed by atoms with Gasteiger partial charge in [-0.1, -0.05) is 57.0 Å². The molecule has 0 saturated heterocycles. The minimum atomic E-state index is 0.491. The summed E-state index contributed by atoms with van der Waals surface area (Å²) in [6, 6.07) is 11.5. The van der Waals surface area contributed by atoms with Crippen LogP contribution in [0.2, 0.25) is 0 Å². The average Bonchev–Trinajstić information content (AvgIpc) is 2.37. The maximum atomic E-state index is 3.78. The maximum absolute atomic E-state index is 3.78. The molecule has 1 fully saturated rings. The van der Waals surface area contributed by atoms with Crippen molar-refractivity contribution in [2.45, 2.75) is 58.4 Å². The molecule has 0 aliphatic heterocycles. The first-order valence-corrected chi connectivity index (χ1v) is 7.46. The summed E-state index contributed by atoms with van der Waals surface area (Å²) in [6.07, 6.45) is 7.99. The van der Waals surface area contributed by atoms with Gasteiger partial charge in [0, 0.05) is 6.04 Å². The van der Waals surface area contributed by atoms with Gasteiger partial charge in [0.25, 0.3) is 0 Å². The Balaban J connectivity index is 1.69. The van der Waals surface area contributed by atoms with Crippen molar-refractivity contribution in [1.82, 2.24) is 5.32 Å². The largest absolute Gasteiger partial charge is 0.313 e. The first kappa shape index (κ1) is 13.6. The van der Waals surface area contributed by atoms with Gasteiger partial charge < -0.3 is 5.32 Å². The van der Waals surface area contributed by atoms with Crippen LogP contribution in [-0.4, -0.2) is 12.6 Å². The van der Waals surface area contributed by atoms with E-state index in [1.54, 1.807) is 0 Å². The Morgan fingerprint density at radius 1 is 1.17 bits per heavy atom. The Labute approximate surface area is 112 Å². The lowest BCUT2D eigenvalue weighted by molar-refractivity contribution is 0.168. The standard InChI is InChI=1S/C17H27N/c1-17(2)13-7-6-12-16(17)18-14-8-11-15-9-4-3-5-10-15/h3-5,9-10,16,18H,6-8,11-14H2,1-2H3. The fourth-order valence-electron chi connectivity index (χ4n) is 3.09. The Morgan fingerprint density at radius 3 is 2.67 bits per heavy atom. The van der Waals surface area contributed by atoms with Gasteiger partial charge in [0.1, 0.15) is 0 Å². The first-order chi connectivity index (χ1) is 8.68. The highest BCUT2D eigenvalue weighted by Gasteiger charge is 2.31. The average molecular weight is 245 g/mol. The molecule has 0 amide bonds. The highest BCUT2D eigenvalue weighted by atomic mass is 14.9. The van der Waals surface area contributed by atoms with Gasteiger partial charge in [-0.2, -0.15) is 0 Å². The Morgan fingerprint density at radius 2 is 1.94 bits per heavy atom. The second-order valence-electron chi connectivity index (χ2n) is 6.33. The highest BCUT2D eigenvalue weighted by Crippen LogP contribution is 2.35. The predicted octanol–water partition coefficient (Wildman–Crippen LogP) is 4.18. The molecule has 100 valence electrons. The van der Waals surface area contributed by atoms with Crippen molar-refractivity contribution in [3.8, 4) is 0 Å². The monoisotopic (exact) mass is 245 g/mol. The van der Waals surface area contributed by atoms with E-state index in [2.05, 4.69) is 49.5 Å². The zero-order valence-electron chi connectivity index (χ0n) is 11.9. The number of rotatable bonds is 5. The van der Waals surface area contributed by atoms with Crippen molar-refractivity contribution < 1.29 is 0 Å². The van der Waals surface area contributed by atoms with E-state index in [4.69, 9.17) is 0 Å². The summed E-state index contributed by atoms with van der Waals surface area (Å²) in [6.45, 7) is 5.99. The summed E-state index contributed by atoms with van der Waals surface area (Å²) in [4.78, 5) is 0. The maximum Gasteiger partial charge on any atom is 0.0118 e. The van der Waals surface area contributed by atoms with Gasteiger partial charge in [0.15, 0.2) is 0 Å². The molecular formula is C17H27N. The third-order valence-electron chi connectivity index (χ3n) is 4.38. The molecule has 1 aliphatic carbocycles. The van der Waals surface area contributed by atoms with Crippen LogP contribution in [0.4, 0.5) is 0 Å². The lowest BCUT2D eigenvalue weighted by Gasteiger charge is -2.39. The molecule has 1 aromatic carbocycles. The third kappa shape index (κ3) is 3.84. The molecule has 1 aromatic rings. The van der Waals surface area contributed by atoms with Crippen LogP contribution in [0, 0.1) is 5.41 Å². The van der Waals surface area contributed by atoms with Crippen LogP contribution in [-0.2, 0) is 6.42 Å². The number of aryl methyl sites for hydroxylation is 1. The van der Waals surface area contributed by atoms with Gasteiger partial charge in [0.2, 0.25) is 0 Å². The summed E-state index contributed by atoms with van der Waals surface area (Å²) in [5.41, 5.74) is 1.95. The van der Waals surface area contributed by atoms with Gasteiger partial charge >= 0.3 is 0 Å². The normalized spacial score (nSPS) is 22.9. The van der Waals surface area contributed by atoms with Crippen molar-refractivity contribution in [3.63, 3.8) is 0 Å². The van der Waals surface area contributed by atoms with Crippen LogP contribution in [0.1, 0.15) is 51.5 Å². The summed E-state index contributed by atoms with van der Waals surface area (Å²) in [5.74, 6) is 0. The number of hydrogen-bond donors (Lipinski definition) is 1. The summed E-state index contributed by atoms with van der Waals surface area (Å²) < 4.78 is 0. The van der Waals surface area contributed by atoms with Gasteiger partial charge in [-0.25, -0.2) is 0 Å². The van der Waals surface area contributed by atoms with Gasteiger partial charge in [-0.3, -0.25) is 0 Å². The molecule has 1 atom stereocenters. The van der Waals surface area contributed by atoms with Crippen molar-refractivity contribution in [3.05, 3.63) is 35.9 Å². The molecule has 1 aliphatic rings. The number of hydrogen-bond acceptors (Lipinski definition) is 1. The second-order valence-corrected chi connectivity index (χ2v) is 6.33. The van der Waals surface area contributed by atoms with Crippen LogP contribution < -0.4 is 5.32 Å². The fourth-order valence-corrected chi connectivity index (χ4v) is 3.09. The molecule has 2 rings (SSSR count). The van der Waals surface area contributed by atoms with Crippen LogP contribution in [0.3, 0.4) is 0 Å². The minimum absolute atomic E-state index is 0.491. The zero-order valence-corrected chi connectivity index (χ0v) is 11.9. The fraction of sp³-hybridized carbons (Fsp3) is 0.647. The molecule has 0 radical (unpaired) electrons. The van der Waals surface area contributed by atoms with Gasteiger partial charge in [-0.05, 0) is 43.2 Å². The van der Waals surface area contributed by atoms with E-state index < -0.39 is 0 Å². The number of benzene rings is 1. The lowest BCUT2D eigenvalue weighted by Crippen LogP contribution is -2.44. The van der Waals surface area contributed by atoms with Gasteiger partial charge in [0.05, 0.1) is 0 Å². The van der Waals surface area contributed by atoms with Crippen LogP contribution in [0.15, 0.2) is 30.3 Å². The highest BCUT2D eigenvalue weighted by molar-refractivity contribution is 5.14. The zero-order chi connectivity index (χ0) is 12.8. The van der Waals surface area contributed by atoms with Crippen molar-refractivity contribution >= 4 is 0 Å². The van der Waals surface area contributed by atoms with E-state index in [-0.39, 0.29) is 0 Å². The molecule has 1 unspecified atom stereocenters. The van der Waals surface area contributed by atoms with Crippen molar-refractivity contribution in [2.75, 3.05) is 6.54 Å². The topological polar surface area (TPSA) is 12.0 Å². The Kier molecular flexibility index (Phi) is 4.82. The summed E-state index contributed by atoms with van der Waals surface area (Å²) in [7, 11) is 0. The molecule has 1 nitrogen and oxygen atoms in total. The molecular weight excluding hydrogens is 218 g/mol. The smallest absolute Gasteiger partial charge is 0.0118 e. The molecule has 1 saturated carbocycles. The number of nitrogens with one attached hydrogen (secondary N) is 1.